The van der Waals surface area contributed by atoms with E-state index >= 15 is 0 Å². The lowest BCUT2D eigenvalue weighted by molar-refractivity contribution is -0.143. The Bertz CT molecular complexity index is 179. The van der Waals surface area contributed by atoms with Crippen LogP contribution in [0.4, 0.5) is 0 Å². The highest BCUT2D eigenvalue weighted by atomic mass is 16.4. The second-order valence-electron chi connectivity index (χ2n) is 3.69. The number of hydrogen-bond acceptors (Lipinski definition) is 3. The number of rotatable bonds is 2. The normalized spacial score (nSPS) is 33.6. The first-order chi connectivity index (χ1) is 5.47. The molecule has 0 heterocycles. The fraction of sp³-hybridized carbons (Fsp3) is 0.875. The van der Waals surface area contributed by atoms with Gasteiger partial charge in [0.2, 0.25) is 0 Å². The van der Waals surface area contributed by atoms with Crippen LogP contribution in [-0.2, 0) is 4.79 Å². The van der Waals surface area contributed by atoms with Crippen molar-refractivity contribution in [3.05, 3.63) is 0 Å². The van der Waals surface area contributed by atoms with Gasteiger partial charge in [-0.15, -0.1) is 0 Å². The van der Waals surface area contributed by atoms with Crippen molar-refractivity contribution in [3.63, 3.8) is 0 Å². The number of aliphatic carboxylic acids is 1. The summed E-state index contributed by atoms with van der Waals surface area (Å²) in [5, 5.41) is 27.4. The summed E-state index contributed by atoms with van der Waals surface area (Å²) in [4.78, 5) is 10.4. The Morgan fingerprint density at radius 2 is 1.83 bits per heavy atom. The maximum atomic E-state index is 10.4. The second kappa shape index (κ2) is 3.03. The highest BCUT2D eigenvalue weighted by molar-refractivity contribution is 5.68. The van der Waals surface area contributed by atoms with E-state index in [1.807, 2.05) is 0 Å². The van der Waals surface area contributed by atoms with Crippen molar-refractivity contribution < 1.29 is 20.1 Å². The monoisotopic (exact) mass is 174 g/mol. The molecule has 4 nitrogen and oxygen atoms in total. The molecule has 3 N–H and O–H groups in total. The molecule has 1 saturated carbocycles. The van der Waals surface area contributed by atoms with Crippen LogP contribution in [0.5, 0.6) is 0 Å². The predicted molar refractivity (Wildman–Crippen MR) is 41.6 cm³/mol. The third-order valence-corrected chi connectivity index (χ3v) is 2.77. The number of carboxylic acid groups (broad SMARTS) is 1. The van der Waals surface area contributed by atoms with Gasteiger partial charge in [0.25, 0.3) is 0 Å². The number of hydrogen-bond donors (Lipinski definition) is 3. The van der Waals surface area contributed by atoms with Crippen LogP contribution < -0.4 is 0 Å². The van der Waals surface area contributed by atoms with Gasteiger partial charge < -0.3 is 15.3 Å². The molecule has 0 aromatic carbocycles. The van der Waals surface area contributed by atoms with Crippen molar-refractivity contribution in [1.29, 1.82) is 0 Å². The Morgan fingerprint density at radius 1 is 1.42 bits per heavy atom. The summed E-state index contributed by atoms with van der Waals surface area (Å²) < 4.78 is 0. The first kappa shape index (κ1) is 9.48. The van der Waals surface area contributed by atoms with E-state index in [0.717, 1.165) is 0 Å². The van der Waals surface area contributed by atoms with Crippen LogP contribution in [0.3, 0.4) is 0 Å². The largest absolute Gasteiger partial charge is 0.481 e. The SMILES string of the molecule is CC1(CC(=O)O)[C@@H](O)CC[C@@H]1O. The number of aliphatic hydroxyl groups is 2. The van der Waals surface area contributed by atoms with Gasteiger partial charge in [0, 0.05) is 5.41 Å². The standard InChI is InChI=1S/C8H14O4/c1-8(4-7(11)12)5(9)2-3-6(8)10/h5-6,9-10H,2-4H2,1H3,(H,11,12)/t5-,6-/m0/s1. The third kappa shape index (κ3) is 1.44. The van der Waals surface area contributed by atoms with E-state index in [4.69, 9.17) is 5.11 Å². The van der Waals surface area contributed by atoms with Gasteiger partial charge in [0.15, 0.2) is 0 Å². The molecule has 0 aromatic heterocycles. The highest BCUT2D eigenvalue weighted by Crippen LogP contribution is 2.40. The van der Waals surface area contributed by atoms with E-state index in [2.05, 4.69) is 0 Å². The lowest BCUT2D eigenvalue weighted by Crippen LogP contribution is -2.37. The van der Waals surface area contributed by atoms with Crippen LogP contribution in [0.15, 0.2) is 0 Å². The van der Waals surface area contributed by atoms with Gasteiger partial charge in [0.1, 0.15) is 0 Å². The topological polar surface area (TPSA) is 77.8 Å². The first-order valence-corrected chi connectivity index (χ1v) is 4.05. The molecule has 0 spiro atoms. The van der Waals surface area contributed by atoms with Gasteiger partial charge in [-0.1, -0.05) is 6.92 Å². The molecule has 0 amide bonds. The summed E-state index contributed by atoms with van der Waals surface area (Å²) in [7, 11) is 0. The molecule has 2 atom stereocenters. The molecule has 1 aliphatic carbocycles. The zero-order valence-electron chi connectivity index (χ0n) is 7.03. The maximum absolute atomic E-state index is 10.4. The average Bonchev–Trinajstić information content (AvgIpc) is 2.16. The van der Waals surface area contributed by atoms with Gasteiger partial charge in [-0.25, -0.2) is 0 Å². The van der Waals surface area contributed by atoms with Crippen molar-refractivity contribution in [2.75, 3.05) is 0 Å². The minimum absolute atomic E-state index is 0.171. The highest BCUT2D eigenvalue weighted by Gasteiger charge is 2.46. The van der Waals surface area contributed by atoms with Gasteiger partial charge in [-0.2, -0.15) is 0 Å². The molecule has 4 heteroatoms. The molecule has 0 aliphatic heterocycles. The van der Waals surface area contributed by atoms with Crippen LogP contribution >= 0.6 is 0 Å². The number of carboxylic acids is 1. The van der Waals surface area contributed by atoms with E-state index in [-0.39, 0.29) is 6.42 Å². The van der Waals surface area contributed by atoms with E-state index in [1.165, 1.54) is 0 Å². The zero-order chi connectivity index (χ0) is 9.35. The van der Waals surface area contributed by atoms with Gasteiger partial charge in [-0.3, -0.25) is 4.79 Å². The Hall–Kier alpha value is -0.610. The van der Waals surface area contributed by atoms with Crippen molar-refractivity contribution in [3.8, 4) is 0 Å². The smallest absolute Gasteiger partial charge is 0.304 e. The zero-order valence-corrected chi connectivity index (χ0v) is 7.03. The predicted octanol–water partition coefficient (Wildman–Crippen LogP) is -0.0170. The van der Waals surface area contributed by atoms with E-state index in [0.29, 0.717) is 12.8 Å². The Kier molecular flexibility index (Phi) is 2.39. The van der Waals surface area contributed by atoms with Crippen molar-refractivity contribution in [2.24, 2.45) is 5.41 Å². The Labute approximate surface area is 70.8 Å². The van der Waals surface area contributed by atoms with E-state index in [1.54, 1.807) is 6.92 Å². The molecule has 0 saturated heterocycles. The molecule has 0 aromatic rings. The molecule has 12 heavy (non-hydrogen) atoms. The molecular weight excluding hydrogens is 160 g/mol. The molecular formula is C8H14O4. The van der Waals surface area contributed by atoms with Crippen molar-refractivity contribution in [1.82, 2.24) is 0 Å². The fourth-order valence-electron chi connectivity index (χ4n) is 1.76. The van der Waals surface area contributed by atoms with Crippen LogP contribution in [0.2, 0.25) is 0 Å². The molecule has 0 unspecified atom stereocenters. The van der Waals surface area contributed by atoms with E-state index in [9.17, 15) is 15.0 Å². The summed E-state index contributed by atoms with van der Waals surface area (Å²) in [5.41, 5.74) is -0.855. The second-order valence-corrected chi connectivity index (χ2v) is 3.69. The quantitative estimate of drug-likeness (QED) is 0.550. The summed E-state index contributed by atoms with van der Waals surface area (Å²) >= 11 is 0. The van der Waals surface area contributed by atoms with Gasteiger partial charge in [-0.05, 0) is 12.8 Å². The Balaban J connectivity index is 2.72. The number of carbonyl (C=O) groups is 1. The van der Waals surface area contributed by atoms with Crippen molar-refractivity contribution >= 4 is 5.97 Å². The molecule has 0 radical (unpaired) electrons. The fourth-order valence-corrected chi connectivity index (χ4v) is 1.76. The molecule has 1 fully saturated rings. The lowest BCUT2D eigenvalue weighted by Gasteiger charge is -2.29. The van der Waals surface area contributed by atoms with E-state index < -0.39 is 23.6 Å². The maximum Gasteiger partial charge on any atom is 0.304 e. The van der Waals surface area contributed by atoms with Crippen LogP contribution in [0.25, 0.3) is 0 Å². The summed E-state index contributed by atoms with van der Waals surface area (Å²) in [6, 6.07) is 0. The van der Waals surface area contributed by atoms with Gasteiger partial charge >= 0.3 is 5.97 Å². The lowest BCUT2D eigenvalue weighted by atomic mass is 9.81. The van der Waals surface area contributed by atoms with Crippen LogP contribution in [0, 0.1) is 5.41 Å². The molecule has 1 rings (SSSR count). The number of aliphatic hydroxyl groups excluding tert-OH is 2. The summed E-state index contributed by atoms with van der Waals surface area (Å²) in [5.74, 6) is -0.975. The van der Waals surface area contributed by atoms with Crippen LogP contribution in [-0.4, -0.2) is 33.5 Å². The first-order valence-electron chi connectivity index (χ1n) is 4.05. The minimum Gasteiger partial charge on any atom is -0.481 e. The third-order valence-electron chi connectivity index (χ3n) is 2.77. The van der Waals surface area contributed by atoms with Gasteiger partial charge in [0.05, 0.1) is 18.6 Å². The van der Waals surface area contributed by atoms with Crippen molar-refractivity contribution in [2.45, 2.75) is 38.4 Å². The Morgan fingerprint density at radius 3 is 2.17 bits per heavy atom. The molecule has 0 bridgehead atoms. The molecule has 1 aliphatic rings. The minimum atomic E-state index is -0.975. The molecule has 70 valence electrons. The average molecular weight is 174 g/mol. The summed E-state index contributed by atoms with van der Waals surface area (Å²) in [6.45, 7) is 1.61. The summed E-state index contributed by atoms with van der Waals surface area (Å²) in [6.07, 6.45) is -0.571. The van der Waals surface area contributed by atoms with Crippen LogP contribution in [0.1, 0.15) is 26.2 Å².